The van der Waals surface area contributed by atoms with Gasteiger partial charge in [-0.05, 0) is 25.5 Å². The molecule has 1 saturated heterocycles. The van der Waals surface area contributed by atoms with Crippen LogP contribution in [0, 0.1) is 0 Å². The van der Waals surface area contributed by atoms with Crippen molar-refractivity contribution in [3.63, 3.8) is 0 Å². The van der Waals surface area contributed by atoms with Crippen molar-refractivity contribution in [2.75, 3.05) is 26.7 Å². The smallest absolute Gasteiger partial charge is 0.244 e. The number of nitrogens with zero attached hydrogens (tertiary/aromatic N) is 4. The molecule has 1 aliphatic carbocycles. The third-order valence-electron chi connectivity index (χ3n) is 6.70. The molecule has 6 heteroatoms. The maximum absolute atomic E-state index is 13.4. The predicted molar refractivity (Wildman–Crippen MR) is 114 cm³/mol. The fraction of sp³-hybridized carbons (Fsp3) is 0.565. The van der Waals surface area contributed by atoms with Crippen molar-refractivity contribution in [3.8, 4) is 0 Å². The van der Waals surface area contributed by atoms with E-state index in [2.05, 4.69) is 50.5 Å². The van der Waals surface area contributed by atoms with Gasteiger partial charge in [-0.1, -0.05) is 49.6 Å². The average molecular weight is 396 g/mol. The Hall–Kier alpha value is -2.18. The molecule has 29 heavy (non-hydrogen) atoms. The van der Waals surface area contributed by atoms with E-state index in [1.165, 1.54) is 37.7 Å². The normalized spacial score (nSPS) is 20.7. The van der Waals surface area contributed by atoms with Crippen LogP contribution in [0.1, 0.15) is 49.3 Å². The second kappa shape index (κ2) is 8.67. The SMILES string of the molecule is CNC(C(=O)N1CCN(Cc2ccccc2)C2(CCCCC2)C1)c1cnn(C)c1. The van der Waals surface area contributed by atoms with Crippen molar-refractivity contribution in [1.82, 2.24) is 24.9 Å². The summed E-state index contributed by atoms with van der Waals surface area (Å²) in [5.74, 6) is 0.171. The lowest BCUT2D eigenvalue weighted by molar-refractivity contribution is -0.141. The Morgan fingerprint density at radius 3 is 2.59 bits per heavy atom. The molecule has 1 aromatic heterocycles. The molecular weight excluding hydrogens is 362 g/mol. The van der Waals surface area contributed by atoms with Gasteiger partial charge in [0.25, 0.3) is 0 Å². The van der Waals surface area contributed by atoms with E-state index in [0.29, 0.717) is 0 Å². The molecule has 1 N–H and O–H groups in total. The Labute approximate surface area is 173 Å². The van der Waals surface area contributed by atoms with E-state index >= 15 is 0 Å². The quantitative estimate of drug-likeness (QED) is 0.846. The minimum absolute atomic E-state index is 0.106. The first-order valence-electron chi connectivity index (χ1n) is 10.8. The highest BCUT2D eigenvalue weighted by molar-refractivity contribution is 5.83. The number of carbonyl (C=O) groups excluding carboxylic acids is 1. The van der Waals surface area contributed by atoms with Gasteiger partial charge in [0, 0.05) is 50.5 Å². The summed E-state index contributed by atoms with van der Waals surface area (Å²) < 4.78 is 1.76. The molecule has 1 spiro atoms. The number of hydrogen-bond donors (Lipinski definition) is 1. The minimum atomic E-state index is -0.329. The molecule has 1 atom stereocenters. The number of aryl methyl sites for hydroxylation is 1. The molecule has 2 fully saturated rings. The third-order valence-corrected chi connectivity index (χ3v) is 6.70. The molecule has 1 saturated carbocycles. The number of carbonyl (C=O) groups is 1. The summed E-state index contributed by atoms with van der Waals surface area (Å²) in [5, 5.41) is 7.47. The van der Waals surface area contributed by atoms with E-state index in [-0.39, 0.29) is 17.5 Å². The van der Waals surface area contributed by atoms with Crippen molar-refractivity contribution < 1.29 is 4.79 Å². The molecule has 0 bridgehead atoms. The summed E-state index contributed by atoms with van der Waals surface area (Å²) in [6, 6.07) is 10.4. The molecule has 2 aromatic rings. The Balaban J connectivity index is 1.53. The Morgan fingerprint density at radius 2 is 1.93 bits per heavy atom. The maximum atomic E-state index is 13.4. The summed E-state index contributed by atoms with van der Waals surface area (Å²) in [6.45, 7) is 3.52. The van der Waals surface area contributed by atoms with Crippen LogP contribution in [0.15, 0.2) is 42.7 Å². The predicted octanol–water partition coefficient (Wildman–Crippen LogP) is 2.73. The van der Waals surface area contributed by atoms with E-state index < -0.39 is 0 Å². The van der Waals surface area contributed by atoms with Gasteiger partial charge in [0.2, 0.25) is 5.91 Å². The standard InChI is InChI=1S/C23H33N5O/c1-24-21(20-15-25-26(2)17-20)22(29)27-13-14-28(16-19-9-5-3-6-10-19)23(18-27)11-7-4-8-12-23/h3,5-6,9-10,15,17,21,24H,4,7-8,11-14,16,18H2,1-2H3. The average Bonchev–Trinajstić information content (AvgIpc) is 3.17. The zero-order chi connectivity index (χ0) is 20.3. The highest BCUT2D eigenvalue weighted by Gasteiger charge is 2.44. The lowest BCUT2D eigenvalue weighted by Gasteiger charge is -2.53. The monoisotopic (exact) mass is 395 g/mol. The van der Waals surface area contributed by atoms with Gasteiger partial charge in [-0.25, -0.2) is 0 Å². The van der Waals surface area contributed by atoms with E-state index in [1.807, 2.05) is 20.3 Å². The van der Waals surface area contributed by atoms with E-state index in [4.69, 9.17) is 0 Å². The molecule has 1 unspecified atom stereocenters. The zero-order valence-electron chi connectivity index (χ0n) is 17.7. The molecule has 1 aliphatic heterocycles. The summed E-state index contributed by atoms with van der Waals surface area (Å²) in [4.78, 5) is 18.2. The molecular formula is C23H33N5O. The highest BCUT2D eigenvalue weighted by atomic mass is 16.2. The molecule has 6 nitrogen and oxygen atoms in total. The van der Waals surface area contributed by atoms with Crippen molar-refractivity contribution in [1.29, 1.82) is 0 Å². The zero-order valence-corrected chi connectivity index (χ0v) is 17.7. The van der Waals surface area contributed by atoms with Gasteiger partial charge in [0.05, 0.1) is 6.20 Å². The van der Waals surface area contributed by atoms with Gasteiger partial charge in [0.15, 0.2) is 0 Å². The van der Waals surface area contributed by atoms with Crippen LogP contribution >= 0.6 is 0 Å². The van der Waals surface area contributed by atoms with Gasteiger partial charge in [-0.2, -0.15) is 5.10 Å². The molecule has 4 rings (SSSR count). The topological polar surface area (TPSA) is 53.4 Å². The maximum Gasteiger partial charge on any atom is 0.244 e. The number of piperazine rings is 1. The van der Waals surface area contributed by atoms with E-state index in [9.17, 15) is 4.79 Å². The van der Waals surface area contributed by atoms with E-state index in [1.54, 1.807) is 10.9 Å². The highest BCUT2D eigenvalue weighted by Crippen LogP contribution is 2.38. The summed E-state index contributed by atoms with van der Waals surface area (Å²) in [7, 11) is 3.75. The molecule has 2 aliphatic rings. The minimum Gasteiger partial charge on any atom is -0.338 e. The lowest BCUT2D eigenvalue weighted by atomic mass is 9.78. The van der Waals surface area contributed by atoms with Crippen LogP contribution in [0.4, 0.5) is 0 Å². The first-order chi connectivity index (χ1) is 14.1. The number of amides is 1. The van der Waals surface area contributed by atoms with Crippen molar-refractivity contribution >= 4 is 5.91 Å². The molecule has 0 radical (unpaired) electrons. The molecule has 156 valence electrons. The van der Waals surface area contributed by atoms with Gasteiger partial charge >= 0.3 is 0 Å². The molecule has 1 aromatic carbocycles. The van der Waals surface area contributed by atoms with Gasteiger partial charge in [-0.15, -0.1) is 0 Å². The largest absolute Gasteiger partial charge is 0.338 e. The number of likely N-dealkylation sites (N-methyl/N-ethyl adjacent to an activating group) is 1. The summed E-state index contributed by atoms with van der Waals surface area (Å²) in [5.41, 5.74) is 2.40. The fourth-order valence-corrected chi connectivity index (χ4v) is 5.14. The Bertz CT molecular complexity index is 812. The summed E-state index contributed by atoms with van der Waals surface area (Å²) >= 11 is 0. The number of nitrogens with one attached hydrogen (secondary N) is 1. The van der Waals surface area contributed by atoms with Crippen LogP contribution in [0.5, 0.6) is 0 Å². The Morgan fingerprint density at radius 1 is 1.17 bits per heavy atom. The first kappa shape index (κ1) is 20.1. The fourth-order valence-electron chi connectivity index (χ4n) is 5.14. The number of benzene rings is 1. The first-order valence-corrected chi connectivity index (χ1v) is 10.8. The van der Waals surface area contributed by atoms with Crippen molar-refractivity contribution in [2.24, 2.45) is 7.05 Å². The van der Waals surface area contributed by atoms with Crippen LogP contribution in [0.2, 0.25) is 0 Å². The molecule has 2 heterocycles. The van der Waals surface area contributed by atoms with Gasteiger partial charge < -0.3 is 10.2 Å². The van der Waals surface area contributed by atoms with E-state index in [0.717, 1.165) is 31.7 Å². The van der Waals surface area contributed by atoms with Crippen LogP contribution in [0.3, 0.4) is 0 Å². The lowest BCUT2D eigenvalue weighted by Crippen LogP contribution is -2.64. The van der Waals surface area contributed by atoms with Gasteiger partial charge in [0.1, 0.15) is 6.04 Å². The number of aromatic nitrogens is 2. The Kier molecular flexibility index (Phi) is 6.01. The van der Waals surface area contributed by atoms with Crippen LogP contribution in [-0.2, 0) is 18.4 Å². The van der Waals surface area contributed by atoms with Crippen LogP contribution < -0.4 is 5.32 Å². The number of hydrogen-bond acceptors (Lipinski definition) is 4. The van der Waals surface area contributed by atoms with Crippen molar-refractivity contribution in [2.45, 2.75) is 50.2 Å². The van der Waals surface area contributed by atoms with Gasteiger partial charge in [-0.3, -0.25) is 14.4 Å². The van der Waals surface area contributed by atoms with Crippen LogP contribution in [0.25, 0.3) is 0 Å². The third kappa shape index (κ3) is 4.23. The summed E-state index contributed by atoms with van der Waals surface area (Å²) in [6.07, 6.45) is 9.91. The second-order valence-corrected chi connectivity index (χ2v) is 8.62. The van der Waals surface area contributed by atoms with Crippen molar-refractivity contribution in [3.05, 3.63) is 53.9 Å². The van der Waals surface area contributed by atoms with Crippen LogP contribution in [-0.4, -0.2) is 57.7 Å². The number of rotatable bonds is 5. The second-order valence-electron chi connectivity index (χ2n) is 8.62. The molecule has 1 amide bonds.